The number of rotatable bonds is 5. The Balaban J connectivity index is 0.000000273. The van der Waals surface area contributed by atoms with Crippen molar-refractivity contribution in [2.45, 2.75) is 16.5 Å². The standard InChI is InChI=1S/C10H12N4S.C7H7N3S/c1-14(2)6-8(5-11)9-4-10(15-3)13-7-12-9;1-11-7-4-6(2-3-8)9-5-10-7/h4,6-7H,1-3H3;4-5H,2H2,1H3/b8-6-;. The van der Waals surface area contributed by atoms with Crippen molar-refractivity contribution in [3.05, 3.63) is 42.4 Å². The lowest BCUT2D eigenvalue weighted by Gasteiger charge is -2.06. The molecular formula is C17H19N7S2. The van der Waals surface area contributed by atoms with Gasteiger partial charge in [-0.25, -0.2) is 19.9 Å². The second kappa shape index (κ2) is 11.9. The molecule has 0 aliphatic carbocycles. The van der Waals surface area contributed by atoms with Crippen molar-refractivity contribution in [1.29, 1.82) is 10.5 Å². The second-order valence-electron chi connectivity index (χ2n) is 4.95. The number of thioether (sulfide) groups is 2. The van der Waals surface area contributed by atoms with Crippen LogP contribution in [0, 0.1) is 22.7 Å². The summed E-state index contributed by atoms with van der Waals surface area (Å²) < 4.78 is 0. The summed E-state index contributed by atoms with van der Waals surface area (Å²) in [6, 6.07) is 7.79. The summed E-state index contributed by atoms with van der Waals surface area (Å²) in [6.07, 6.45) is 8.94. The Kier molecular flexibility index (Phi) is 9.77. The molecule has 2 rings (SSSR count). The largest absolute Gasteiger partial charge is 0.382 e. The van der Waals surface area contributed by atoms with Crippen molar-refractivity contribution in [1.82, 2.24) is 24.8 Å². The van der Waals surface area contributed by atoms with Crippen LogP contribution in [0.25, 0.3) is 5.57 Å². The SMILES string of the molecule is CSc1cc(/C(C#N)=C\N(C)C)ncn1.CSc1cc(CC#N)ncn1. The average molecular weight is 386 g/mol. The van der Waals surface area contributed by atoms with Gasteiger partial charge in [0.2, 0.25) is 0 Å². The molecule has 26 heavy (non-hydrogen) atoms. The summed E-state index contributed by atoms with van der Waals surface area (Å²) in [4.78, 5) is 17.9. The number of hydrogen-bond acceptors (Lipinski definition) is 9. The van der Waals surface area contributed by atoms with Gasteiger partial charge in [-0.1, -0.05) is 0 Å². The molecule has 0 bridgehead atoms. The Morgan fingerprint density at radius 3 is 2.19 bits per heavy atom. The summed E-state index contributed by atoms with van der Waals surface area (Å²) in [7, 11) is 3.74. The molecule has 0 radical (unpaired) electrons. The van der Waals surface area contributed by atoms with E-state index in [1.54, 1.807) is 18.0 Å². The van der Waals surface area contributed by atoms with Crippen LogP contribution in [0.3, 0.4) is 0 Å². The van der Waals surface area contributed by atoms with Crippen molar-refractivity contribution >= 4 is 29.1 Å². The predicted octanol–water partition coefficient (Wildman–Crippen LogP) is 2.89. The van der Waals surface area contributed by atoms with E-state index >= 15 is 0 Å². The average Bonchev–Trinajstić information content (AvgIpc) is 2.67. The van der Waals surface area contributed by atoms with Gasteiger partial charge in [-0.2, -0.15) is 10.5 Å². The van der Waals surface area contributed by atoms with Crippen molar-refractivity contribution in [2.75, 3.05) is 26.6 Å². The highest BCUT2D eigenvalue weighted by atomic mass is 32.2. The third kappa shape index (κ3) is 7.51. The number of nitrogens with zero attached hydrogens (tertiary/aromatic N) is 7. The maximum Gasteiger partial charge on any atom is 0.117 e. The third-order valence-electron chi connectivity index (χ3n) is 2.80. The molecule has 9 heteroatoms. The highest BCUT2D eigenvalue weighted by molar-refractivity contribution is 7.98. The zero-order valence-corrected chi connectivity index (χ0v) is 16.7. The summed E-state index contributed by atoms with van der Waals surface area (Å²) in [6.45, 7) is 0. The maximum atomic E-state index is 8.98. The predicted molar refractivity (Wildman–Crippen MR) is 104 cm³/mol. The Bertz CT molecular complexity index is 822. The van der Waals surface area contributed by atoms with E-state index in [0.29, 0.717) is 17.7 Å². The summed E-state index contributed by atoms with van der Waals surface area (Å²) in [5.41, 5.74) is 1.98. The van der Waals surface area contributed by atoms with Crippen LogP contribution < -0.4 is 0 Å². The summed E-state index contributed by atoms with van der Waals surface area (Å²) in [5.74, 6) is 0. The number of allylic oxidation sites excluding steroid dienone is 1. The van der Waals surface area contributed by atoms with Gasteiger partial charge in [0.25, 0.3) is 0 Å². The molecule has 2 aromatic heterocycles. The van der Waals surface area contributed by atoms with Gasteiger partial charge in [0.05, 0.1) is 39.5 Å². The van der Waals surface area contributed by atoms with Gasteiger partial charge in [0, 0.05) is 20.3 Å². The van der Waals surface area contributed by atoms with E-state index in [4.69, 9.17) is 10.5 Å². The Labute approximate surface area is 162 Å². The van der Waals surface area contributed by atoms with Crippen LogP contribution in [0.5, 0.6) is 0 Å². The molecule has 2 aromatic rings. The minimum atomic E-state index is 0.357. The topological polar surface area (TPSA) is 102 Å². The number of hydrogen-bond donors (Lipinski definition) is 0. The van der Waals surface area contributed by atoms with E-state index in [2.05, 4.69) is 26.0 Å². The maximum absolute atomic E-state index is 8.98. The third-order valence-corrected chi connectivity index (χ3v) is 4.09. The molecule has 0 atom stereocenters. The van der Waals surface area contributed by atoms with E-state index in [1.807, 2.05) is 49.7 Å². The van der Waals surface area contributed by atoms with Crippen molar-refractivity contribution in [2.24, 2.45) is 0 Å². The molecule has 0 amide bonds. The quantitative estimate of drug-likeness (QED) is 0.436. The molecule has 0 saturated heterocycles. The van der Waals surface area contributed by atoms with Gasteiger partial charge in [-0.15, -0.1) is 23.5 Å². The molecule has 0 aromatic carbocycles. The van der Waals surface area contributed by atoms with E-state index in [9.17, 15) is 0 Å². The first-order valence-corrected chi connectivity index (χ1v) is 9.85. The van der Waals surface area contributed by atoms with Crippen LogP contribution in [0.15, 0.2) is 41.0 Å². The van der Waals surface area contributed by atoms with Crippen LogP contribution in [0.4, 0.5) is 0 Å². The number of aromatic nitrogens is 4. The monoisotopic (exact) mass is 385 g/mol. The van der Waals surface area contributed by atoms with Crippen LogP contribution >= 0.6 is 23.5 Å². The lowest BCUT2D eigenvalue weighted by Crippen LogP contribution is -2.03. The van der Waals surface area contributed by atoms with Crippen LogP contribution in [-0.4, -0.2) is 51.4 Å². The van der Waals surface area contributed by atoms with Crippen molar-refractivity contribution < 1.29 is 0 Å². The van der Waals surface area contributed by atoms with E-state index in [0.717, 1.165) is 15.7 Å². The summed E-state index contributed by atoms with van der Waals surface area (Å²) >= 11 is 3.08. The molecule has 7 nitrogen and oxygen atoms in total. The van der Waals surface area contributed by atoms with Crippen molar-refractivity contribution in [3.63, 3.8) is 0 Å². The molecule has 0 N–H and O–H groups in total. The molecule has 0 aliphatic heterocycles. The van der Waals surface area contributed by atoms with E-state index in [1.165, 1.54) is 24.4 Å². The zero-order chi connectivity index (χ0) is 19.4. The first-order chi connectivity index (χ1) is 12.5. The summed E-state index contributed by atoms with van der Waals surface area (Å²) in [5, 5.41) is 19.1. The normalized spacial score (nSPS) is 10.2. The fourth-order valence-corrected chi connectivity index (χ4v) is 2.46. The van der Waals surface area contributed by atoms with Gasteiger partial charge in [-0.3, -0.25) is 0 Å². The van der Waals surface area contributed by atoms with Gasteiger partial charge >= 0.3 is 0 Å². The first-order valence-electron chi connectivity index (χ1n) is 7.40. The van der Waals surface area contributed by atoms with Crippen LogP contribution in [-0.2, 0) is 6.42 Å². The number of nitriles is 2. The first kappa shape index (κ1) is 21.4. The lowest BCUT2D eigenvalue weighted by molar-refractivity contribution is 0.566. The Hall–Kier alpha value is -2.62. The van der Waals surface area contributed by atoms with E-state index < -0.39 is 0 Å². The minimum absolute atomic E-state index is 0.357. The van der Waals surface area contributed by atoms with Gasteiger partial charge in [-0.05, 0) is 24.6 Å². The fraction of sp³-hybridized carbons (Fsp3) is 0.294. The fourth-order valence-electron chi connectivity index (χ4n) is 1.68. The van der Waals surface area contributed by atoms with Gasteiger partial charge in [0.1, 0.15) is 18.7 Å². The molecule has 0 saturated carbocycles. The Morgan fingerprint density at radius 1 is 1.04 bits per heavy atom. The molecule has 0 fully saturated rings. The molecule has 0 unspecified atom stereocenters. The van der Waals surface area contributed by atoms with Crippen LogP contribution in [0.2, 0.25) is 0 Å². The second-order valence-corrected chi connectivity index (χ2v) is 6.60. The van der Waals surface area contributed by atoms with Crippen molar-refractivity contribution in [3.8, 4) is 12.1 Å². The highest BCUT2D eigenvalue weighted by Gasteiger charge is 2.04. The smallest absolute Gasteiger partial charge is 0.117 e. The minimum Gasteiger partial charge on any atom is -0.382 e. The van der Waals surface area contributed by atoms with Crippen LogP contribution in [0.1, 0.15) is 11.4 Å². The van der Waals surface area contributed by atoms with Gasteiger partial charge in [0.15, 0.2) is 0 Å². The lowest BCUT2D eigenvalue weighted by atomic mass is 10.2. The molecular weight excluding hydrogens is 366 g/mol. The highest BCUT2D eigenvalue weighted by Crippen LogP contribution is 2.16. The van der Waals surface area contributed by atoms with E-state index in [-0.39, 0.29) is 0 Å². The Morgan fingerprint density at radius 2 is 1.65 bits per heavy atom. The molecule has 0 aliphatic rings. The molecule has 134 valence electrons. The molecule has 2 heterocycles. The van der Waals surface area contributed by atoms with Gasteiger partial charge < -0.3 is 4.90 Å². The zero-order valence-electron chi connectivity index (χ0n) is 15.0. The molecule has 0 spiro atoms.